The molecule has 0 rings (SSSR count). The van der Waals surface area contributed by atoms with Gasteiger partial charge in [-0.2, -0.15) is 0 Å². The molecule has 6 heteroatoms. The molecule has 0 atom stereocenters. The molecule has 0 aromatic rings. The molecule has 0 amide bonds. The third-order valence-electron chi connectivity index (χ3n) is 0.684. The minimum Gasteiger partial charge on any atom is -0.481 e. The van der Waals surface area contributed by atoms with Crippen LogP contribution in [0.2, 0.25) is 0 Å². The number of thioether (sulfide) groups is 1. The van der Waals surface area contributed by atoms with Gasteiger partial charge in [-0.25, -0.2) is 0 Å². The van der Waals surface area contributed by atoms with Gasteiger partial charge in [0.05, 0.1) is 5.75 Å². The molecule has 11 heavy (non-hydrogen) atoms. The SMILES string of the molecule is CN(C)C(=S)SCC(=O)O.[Na+]. The average molecular weight is 202 g/mol. The molecular weight excluding hydrogens is 193 g/mol. The summed E-state index contributed by atoms with van der Waals surface area (Å²) >= 11 is 5.97. The van der Waals surface area contributed by atoms with Gasteiger partial charge in [-0.3, -0.25) is 4.79 Å². The maximum atomic E-state index is 10.0. The van der Waals surface area contributed by atoms with Crippen molar-refractivity contribution in [1.82, 2.24) is 4.90 Å². The van der Waals surface area contributed by atoms with E-state index in [4.69, 9.17) is 17.3 Å². The summed E-state index contributed by atoms with van der Waals surface area (Å²) in [5.74, 6) is -0.800. The first-order valence-corrected chi connectivity index (χ1v) is 3.99. The molecule has 58 valence electrons. The van der Waals surface area contributed by atoms with Crippen LogP contribution in [0.5, 0.6) is 0 Å². The summed E-state index contributed by atoms with van der Waals surface area (Å²) in [5, 5.41) is 8.25. The predicted molar refractivity (Wildman–Crippen MR) is 46.4 cm³/mol. The molecule has 1 N–H and O–H groups in total. The van der Waals surface area contributed by atoms with Gasteiger partial charge in [0.1, 0.15) is 4.32 Å². The van der Waals surface area contributed by atoms with Crippen LogP contribution in [0.3, 0.4) is 0 Å². The van der Waals surface area contributed by atoms with E-state index in [9.17, 15) is 4.79 Å². The van der Waals surface area contributed by atoms with Crippen molar-refractivity contribution in [2.75, 3.05) is 19.8 Å². The maximum absolute atomic E-state index is 10.0. The first-order valence-electron chi connectivity index (χ1n) is 2.60. The van der Waals surface area contributed by atoms with Crippen LogP contribution >= 0.6 is 24.0 Å². The largest absolute Gasteiger partial charge is 1.00 e. The van der Waals surface area contributed by atoms with Crippen LogP contribution in [0, 0.1) is 0 Å². The van der Waals surface area contributed by atoms with Gasteiger partial charge in [-0.05, 0) is 0 Å². The second kappa shape index (κ2) is 7.36. The first-order chi connectivity index (χ1) is 4.54. The fraction of sp³-hybridized carbons (Fsp3) is 0.600. The number of carboxylic acids is 1. The van der Waals surface area contributed by atoms with Crippen LogP contribution in [0.4, 0.5) is 0 Å². The van der Waals surface area contributed by atoms with Gasteiger partial charge in [-0.15, -0.1) is 0 Å². The quantitative estimate of drug-likeness (QED) is 0.401. The summed E-state index contributed by atoms with van der Waals surface area (Å²) in [6.07, 6.45) is 0. The van der Waals surface area contributed by atoms with Crippen LogP contribution in [0.25, 0.3) is 0 Å². The third kappa shape index (κ3) is 8.62. The van der Waals surface area contributed by atoms with Gasteiger partial charge in [0.2, 0.25) is 0 Å². The minimum atomic E-state index is -0.839. The summed E-state index contributed by atoms with van der Waals surface area (Å²) < 4.78 is 0.599. The molecule has 0 saturated carbocycles. The third-order valence-corrected chi connectivity index (χ3v) is 2.41. The molecule has 0 spiro atoms. The van der Waals surface area contributed by atoms with Crippen molar-refractivity contribution in [3.63, 3.8) is 0 Å². The van der Waals surface area contributed by atoms with Gasteiger partial charge in [0.25, 0.3) is 0 Å². The summed E-state index contributed by atoms with van der Waals surface area (Å²) in [6, 6.07) is 0. The number of hydrogen-bond donors (Lipinski definition) is 1. The number of carbonyl (C=O) groups is 1. The molecule has 0 unspecified atom stereocenters. The van der Waals surface area contributed by atoms with Gasteiger partial charge in [0, 0.05) is 14.1 Å². The van der Waals surface area contributed by atoms with E-state index in [2.05, 4.69) is 0 Å². The minimum absolute atomic E-state index is 0. The Morgan fingerprint density at radius 2 is 2.09 bits per heavy atom. The Labute approximate surface area is 97.8 Å². The van der Waals surface area contributed by atoms with E-state index in [-0.39, 0.29) is 35.3 Å². The number of rotatable bonds is 2. The Bertz CT molecular complexity index is 151. The zero-order chi connectivity index (χ0) is 8.15. The Kier molecular flexibility index (Phi) is 9.54. The molecule has 3 nitrogen and oxygen atoms in total. The summed E-state index contributed by atoms with van der Waals surface area (Å²) in [4.78, 5) is 11.7. The Morgan fingerprint density at radius 3 is 2.36 bits per heavy atom. The second-order valence-electron chi connectivity index (χ2n) is 1.84. The van der Waals surface area contributed by atoms with Crippen molar-refractivity contribution in [1.29, 1.82) is 0 Å². The molecule has 0 aliphatic heterocycles. The number of nitrogens with zero attached hydrogens (tertiary/aromatic N) is 1. The van der Waals surface area contributed by atoms with Crippen molar-refractivity contribution < 1.29 is 39.5 Å². The molecule has 0 aliphatic carbocycles. The fourth-order valence-electron chi connectivity index (χ4n) is 0.253. The monoisotopic (exact) mass is 202 g/mol. The summed E-state index contributed by atoms with van der Waals surface area (Å²) in [7, 11) is 3.58. The second-order valence-corrected chi connectivity index (χ2v) is 3.45. The van der Waals surface area contributed by atoms with E-state index in [0.717, 1.165) is 11.8 Å². The molecule has 0 heterocycles. The standard InChI is InChI=1S/C5H9NO2S2.Na/c1-6(2)5(9)10-3-4(7)8;/h3H2,1-2H3,(H,7,8);/q;+1. The van der Waals surface area contributed by atoms with Crippen molar-refractivity contribution in [3.8, 4) is 0 Å². The average Bonchev–Trinajstić information content (AvgIpc) is 1.82. The Hall–Kier alpha value is 0.710. The van der Waals surface area contributed by atoms with E-state index in [0.29, 0.717) is 4.32 Å². The summed E-state index contributed by atoms with van der Waals surface area (Å²) in [6.45, 7) is 0. The number of carboxylic acid groups (broad SMARTS) is 1. The first kappa shape index (κ1) is 14.2. The molecule has 0 saturated heterocycles. The smallest absolute Gasteiger partial charge is 0.481 e. The number of thiocarbonyl (C=S) groups is 1. The van der Waals surface area contributed by atoms with Gasteiger partial charge >= 0.3 is 35.5 Å². The molecular formula is C5H9NNaO2S2+. The molecule has 0 aliphatic rings. The number of aliphatic carboxylic acids is 1. The van der Waals surface area contributed by atoms with Gasteiger partial charge in [0.15, 0.2) is 0 Å². The van der Waals surface area contributed by atoms with E-state index in [1.165, 1.54) is 0 Å². The Morgan fingerprint density at radius 1 is 1.64 bits per heavy atom. The normalized spacial score (nSPS) is 8.18. The predicted octanol–water partition coefficient (Wildman–Crippen LogP) is -2.35. The van der Waals surface area contributed by atoms with Crippen LogP contribution in [-0.2, 0) is 4.79 Å². The Balaban J connectivity index is 0. The van der Waals surface area contributed by atoms with E-state index >= 15 is 0 Å². The van der Waals surface area contributed by atoms with Crippen molar-refractivity contribution in [3.05, 3.63) is 0 Å². The molecule has 0 aromatic carbocycles. The van der Waals surface area contributed by atoms with E-state index < -0.39 is 5.97 Å². The van der Waals surface area contributed by atoms with Crippen LogP contribution < -0.4 is 29.6 Å². The van der Waals surface area contributed by atoms with Crippen molar-refractivity contribution in [2.45, 2.75) is 0 Å². The van der Waals surface area contributed by atoms with Crippen LogP contribution in [0.15, 0.2) is 0 Å². The zero-order valence-electron chi connectivity index (χ0n) is 6.83. The fourth-order valence-corrected chi connectivity index (χ4v) is 0.935. The van der Waals surface area contributed by atoms with E-state index in [1.807, 2.05) is 0 Å². The van der Waals surface area contributed by atoms with Gasteiger partial charge in [-0.1, -0.05) is 24.0 Å². The maximum Gasteiger partial charge on any atom is 1.00 e. The van der Waals surface area contributed by atoms with Crippen LogP contribution in [-0.4, -0.2) is 40.1 Å². The van der Waals surface area contributed by atoms with Gasteiger partial charge < -0.3 is 10.0 Å². The molecule has 0 fully saturated rings. The topological polar surface area (TPSA) is 40.5 Å². The zero-order valence-corrected chi connectivity index (χ0v) is 10.5. The molecule has 0 radical (unpaired) electrons. The number of hydrogen-bond acceptors (Lipinski definition) is 3. The summed E-state index contributed by atoms with van der Waals surface area (Å²) in [5.41, 5.74) is 0. The van der Waals surface area contributed by atoms with E-state index in [1.54, 1.807) is 19.0 Å². The van der Waals surface area contributed by atoms with Crippen LogP contribution in [0.1, 0.15) is 0 Å². The molecule has 0 bridgehead atoms. The van der Waals surface area contributed by atoms with Crippen molar-refractivity contribution in [2.24, 2.45) is 0 Å². The molecule has 0 aromatic heterocycles. The van der Waals surface area contributed by atoms with Crippen molar-refractivity contribution >= 4 is 34.3 Å².